The van der Waals surface area contributed by atoms with Crippen LogP contribution in [0.1, 0.15) is 12.8 Å². The van der Waals surface area contributed by atoms with E-state index in [0.29, 0.717) is 38.4 Å². The Morgan fingerprint density at radius 3 is 2.67 bits per heavy atom. The van der Waals surface area contributed by atoms with Crippen molar-refractivity contribution in [3.63, 3.8) is 0 Å². The summed E-state index contributed by atoms with van der Waals surface area (Å²) < 4.78 is 5.19. The number of amides is 1. The fourth-order valence-electron chi connectivity index (χ4n) is 1.67. The Bertz CT molecular complexity index is 217. The van der Waals surface area contributed by atoms with Crippen LogP contribution in [-0.4, -0.2) is 60.3 Å². The highest BCUT2D eigenvalue weighted by Crippen LogP contribution is 2.21. The predicted molar refractivity (Wildman–Crippen MR) is 61.0 cm³/mol. The lowest BCUT2D eigenvalue weighted by Gasteiger charge is -2.35. The molecule has 88 valence electrons. The van der Waals surface area contributed by atoms with Crippen molar-refractivity contribution in [2.45, 2.75) is 18.4 Å². The summed E-state index contributed by atoms with van der Waals surface area (Å²) in [5.41, 5.74) is -0.749. The third kappa shape index (κ3) is 4.01. The van der Waals surface area contributed by atoms with Crippen molar-refractivity contribution in [1.82, 2.24) is 4.90 Å². The topological polar surface area (TPSA) is 49.8 Å². The van der Waals surface area contributed by atoms with E-state index in [9.17, 15) is 9.90 Å². The molecule has 1 aliphatic rings. The first-order valence-electron chi connectivity index (χ1n) is 5.10. The van der Waals surface area contributed by atoms with Gasteiger partial charge in [0.05, 0.1) is 11.4 Å². The van der Waals surface area contributed by atoms with Crippen LogP contribution in [0.3, 0.4) is 0 Å². The average Bonchev–Trinajstić information content (AvgIpc) is 2.18. The molecule has 1 heterocycles. The average molecular weight is 233 g/mol. The van der Waals surface area contributed by atoms with Crippen molar-refractivity contribution in [1.29, 1.82) is 0 Å². The number of likely N-dealkylation sites (N-methyl/N-ethyl adjacent to an activating group) is 1. The van der Waals surface area contributed by atoms with E-state index in [1.165, 1.54) is 11.8 Å². The molecule has 0 radical (unpaired) electrons. The molecule has 0 spiro atoms. The van der Waals surface area contributed by atoms with Crippen LogP contribution in [0, 0.1) is 0 Å². The molecule has 15 heavy (non-hydrogen) atoms. The highest BCUT2D eigenvalue weighted by atomic mass is 32.2. The number of hydrogen-bond acceptors (Lipinski definition) is 4. The molecule has 0 aromatic rings. The van der Waals surface area contributed by atoms with Crippen LogP contribution in [0.5, 0.6) is 0 Å². The summed E-state index contributed by atoms with van der Waals surface area (Å²) >= 11 is 1.50. The zero-order valence-corrected chi connectivity index (χ0v) is 10.2. The minimum Gasteiger partial charge on any atom is -0.388 e. The first-order valence-corrected chi connectivity index (χ1v) is 6.50. The van der Waals surface area contributed by atoms with Gasteiger partial charge in [0.2, 0.25) is 5.91 Å². The van der Waals surface area contributed by atoms with Gasteiger partial charge in [0, 0.05) is 39.6 Å². The van der Waals surface area contributed by atoms with E-state index in [2.05, 4.69) is 0 Å². The molecular weight excluding hydrogens is 214 g/mol. The van der Waals surface area contributed by atoms with Crippen LogP contribution in [-0.2, 0) is 9.53 Å². The highest BCUT2D eigenvalue weighted by Gasteiger charge is 2.32. The molecule has 0 bridgehead atoms. The summed E-state index contributed by atoms with van der Waals surface area (Å²) in [6, 6.07) is 0. The molecule has 1 fully saturated rings. The first kappa shape index (κ1) is 12.8. The number of carbonyl (C=O) groups is 1. The van der Waals surface area contributed by atoms with Crippen LogP contribution in [0.2, 0.25) is 0 Å². The van der Waals surface area contributed by atoms with Crippen molar-refractivity contribution in [3.05, 3.63) is 0 Å². The number of aliphatic hydroxyl groups is 1. The molecule has 0 aromatic carbocycles. The Morgan fingerprint density at radius 2 is 2.13 bits per heavy atom. The maximum Gasteiger partial charge on any atom is 0.232 e. The van der Waals surface area contributed by atoms with Gasteiger partial charge in [-0.05, 0) is 6.26 Å². The molecule has 1 N–H and O–H groups in total. The summed E-state index contributed by atoms with van der Waals surface area (Å²) in [4.78, 5) is 13.1. The van der Waals surface area contributed by atoms with Gasteiger partial charge in [0.15, 0.2) is 0 Å². The minimum atomic E-state index is -0.749. The van der Waals surface area contributed by atoms with E-state index in [-0.39, 0.29) is 5.91 Å². The molecule has 0 unspecified atom stereocenters. The fraction of sp³-hybridized carbons (Fsp3) is 0.900. The summed E-state index contributed by atoms with van der Waals surface area (Å²) in [6.45, 7) is 1.58. The van der Waals surface area contributed by atoms with Crippen LogP contribution in [0.25, 0.3) is 0 Å². The molecule has 0 aliphatic carbocycles. The van der Waals surface area contributed by atoms with Gasteiger partial charge in [-0.3, -0.25) is 4.79 Å². The number of rotatable bonds is 4. The second kappa shape index (κ2) is 5.72. The van der Waals surface area contributed by atoms with Gasteiger partial charge in [0.25, 0.3) is 0 Å². The fourth-order valence-corrected chi connectivity index (χ4v) is 2.14. The minimum absolute atomic E-state index is 0.0717. The maximum atomic E-state index is 11.5. The summed E-state index contributed by atoms with van der Waals surface area (Å²) in [7, 11) is 1.74. The third-order valence-electron chi connectivity index (χ3n) is 2.65. The largest absolute Gasteiger partial charge is 0.388 e. The zero-order chi connectivity index (χ0) is 11.3. The van der Waals surface area contributed by atoms with Gasteiger partial charge >= 0.3 is 0 Å². The van der Waals surface area contributed by atoms with E-state index in [1.807, 2.05) is 6.26 Å². The van der Waals surface area contributed by atoms with Crippen LogP contribution in [0.15, 0.2) is 0 Å². The number of thioether (sulfide) groups is 1. The van der Waals surface area contributed by atoms with Crippen molar-refractivity contribution < 1.29 is 14.6 Å². The lowest BCUT2D eigenvalue weighted by Crippen LogP contribution is -2.47. The summed E-state index contributed by atoms with van der Waals surface area (Å²) in [5.74, 6) is 0.547. The van der Waals surface area contributed by atoms with Gasteiger partial charge in [0.1, 0.15) is 0 Å². The molecule has 1 saturated heterocycles. The zero-order valence-electron chi connectivity index (χ0n) is 9.36. The molecule has 1 aliphatic heterocycles. The third-order valence-corrected chi connectivity index (χ3v) is 3.18. The Balaban J connectivity index is 2.41. The number of carbonyl (C=O) groups excluding carboxylic acids is 1. The van der Waals surface area contributed by atoms with E-state index in [0.717, 1.165) is 0 Å². The molecule has 1 rings (SSSR count). The van der Waals surface area contributed by atoms with Gasteiger partial charge in [-0.25, -0.2) is 0 Å². The molecule has 4 nitrogen and oxygen atoms in total. The second-order valence-corrected chi connectivity index (χ2v) is 4.89. The molecular formula is C10H19NO3S. The quantitative estimate of drug-likeness (QED) is 0.761. The van der Waals surface area contributed by atoms with Gasteiger partial charge in [-0.1, -0.05) is 0 Å². The van der Waals surface area contributed by atoms with Crippen molar-refractivity contribution in [2.24, 2.45) is 0 Å². The number of ether oxygens (including phenoxy) is 1. The Kier molecular flexibility index (Phi) is 4.89. The summed E-state index contributed by atoms with van der Waals surface area (Å²) in [5, 5.41) is 10.2. The normalized spacial score (nSPS) is 19.9. The Labute approximate surface area is 95.0 Å². The van der Waals surface area contributed by atoms with Gasteiger partial charge in [-0.2, -0.15) is 11.8 Å². The lowest BCUT2D eigenvalue weighted by molar-refractivity contribution is -0.134. The van der Waals surface area contributed by atoms with Gasteiger partial charge < -0.3 is 14.7 Å². The summed E-state index contributed by atoms with van der Waals surface area (Å²) in [6.07, 6.45) is 3.13. The molecule has 0 aromatic heterocycles. The number of nitrogens with zero attached hydrogens (tertiary/aromatic N) is 1. The first-order chi connectivity index (χ1) is 7.07. The van der Waals surface area contributed by atoms with Crippen molar-refractivity contribution >= 4 is 17.7 Å². The standard InChI is InChI=1S/C10H19NO3S/c1-11(9(12)7-15-2)8-10(13)3-5-14-6-4-10/h13H,3-8H2,1-2H3. The molecule has 1 amide bonds. The molecule has 0 saturated carbocycles. The van der Waals surface area contributed by atoms with Crippen molar-refractivity contribution in [2.75, 3.05) is 38.8 Å². The van der Waals surface area contributed by atoms with Crippen LogP contribution in [0.4, 0.5) is 0 Å². The van der Waals surface area contributed by atoms with Crippen molar-refractivity contribution in [3.8, 4) is 0 Å². The van der Waals surface area contributed by atoms with E-state index >= 15 is 0 Å². The van der Waals surface area contributed by atoms with E-state index < -0.39 is 5.60 Å². The lowest BCUT2D eigenvalue weighted by atomic mass is 9.94. The highest BCUT2D eigenvalue weighted by molar-refractivity contribution is 7.99. The number of hydrogen-bond donors (Lipinski definition) is 1. The monoisotopic (exact) mass is 233 g/mol. The van der Waals surface area contributed by atoms with Crippen LogP contribution >= 0.6 is 11.8 Å². The smallest absolute Gasteiger partial charge is 0.232 e. The molecule has 0 atom stereocenters. The van der Waals surface area contributed by atoms with Crippen LogP contribution < -0.4 is 0 Å². The van der Waals surface area contributed by atoms with Gasteiger partial charge in [-0.15, -0.1) is 0 Å². The van der Waals surface area contributed by atoms with E-state index in [4.69, 9.17) is 4.74 Å². The Morgan fingerprint density at radius 1 is 1.53 bits per heavy atom. The Hall–Kier alpha value is -0.260. The predicted octanol–water partition coefficient (Wildman–Crippen LogP) is 0.349. The SMILES string of the molecule is CSCC(=O)N(C)CC1(O)CCOCC1. The second-order valence-electron chi connectivity index (χ2n) is 4.02. The van der Waals surface area contributed by atoms with E-state index in [1.54, 1.807) is 11.9 Å². The molecule has 5 heteroatoms. The maximum absolute atomic E-state index is 11.5.